The SMILES string of the molecule is CC(C)c1cnc(CN(C)[C@@H]2CCN(C[C@@H]3CCOC3)C2)o1. The number of likely N-dealkylation sites (N-methyl/N-ethyl adjacent to an activating group) is 1. The molecule has 2 atom stereocenters. The van der Waals surface area contributed by atoms with E-state index in [9.17, 15) is 0 Å². The van der Waals surface area contributed by atoms with Crippen LogP contribution in [-0.2, 0) is 11.3 Å². The molecule has 3 heterocycles. The van der Waals surface area contributed by atoms with Crippen LogP contribution in [0.15, 0.2) is 10.6 Å². The van der Waals surface area contributed by atoms with E-state index < -0.39 is 0 Å². The Bertz CT molecular complexity index is 468. The van der Waals surface area contributed by atoms with Crippen LogP contribution in [-0.4, -0.2) is 60.7 Å². The van der Waals surface area contributed by atoms with Crippen molar-refractivity contribution in [2.75, 3.05) is 39.9 Å². The molecule has 3 rings (SSSR count). The Morgan fingerprint density at radius 2 is 2.27 bits per heavy atom. The average Bonchev–Trinajstić information content (AvgIpc) is 3.19. The second kappa shape index (κ2) is 7.11. The number of aromatic nitrogens is 1. The number of ether oxygens (including phenoxy) is 1. The predicted octanol–water partition coefficient (Wildman–Crippen LogP) is 2.34. The van der Waals surface area contributed by atoms with E-state index in [2.05, 4.69) is 35.7 Å². The zero-order valence-corrected chi connectivity index (χ0v) is 14.1. The van der Waals surface area contributed by atoms with Crippen molar-refractivity contribution in [2.24, 2.45) is 5.92 Å². The van der Waals surface area contributed by atoms with Crippen LogP contribution in [0.2, 0.25) is 0 Å². The molecule has 0 unspecified atom stereocenters. The molecule has 2 aliphatic rings. The normalized spacial score (nSPS) is 26.6. The quantitative estimate of drug-likeness (QED) is 0.807. The lowest BCUT2D eigenvalue weighted by Crippen LogP contribution is -2.35. The zero-order chi connectivity index (χ0) is 15.5. The number of hydrogen-bond donors (Lipinski definition) is 0. The molecule has 2 aliphatic heterocycles. The minimum atomic E-state index is 0.405. The third-order valence-electron chi connectivity index (χ3n) is 4.94. The van der Waals surface area contributed by atoms with Gasteiger partial charge in [0.2, 0.25) is 5.89 Å². The monoisotopic (exact) mass is 307 g/mol. The van der Waals surface area contributed by atoms with Gasteiger partial charge < -0.3 is 14.1 Å². The molecule has 22 heavy (non-hydrogen) atoms. The molecular weight excluding hydrogens is 278 g/mol. The Hall–Kier alpha value is -0.910. The van der Waals surface area contributed by atoms with E-state index in [1.165, 1.54) is 25.9 Å². The van der Waals surface area contributed by atoms with Gasteiger partial charge in [-0.05, 0) is 32.4 Å². The highest BCUT2D eigenvalue weighted by Crippen LogP contribution is 2.21. The van der Waals surface area contributed by atoms with E-state index in [0.29, 0.717) is 12.0 Å². The lowest BCUT2D eigenvalue weighted by molar-refractivity contribution is 0.167. The summed E-state index contributed by atoms with van der Waals surface area (Å²) < 4.78 is 11.3. The number of nitrogens with zero attached hydrogens (tertiary/aromatic N) is 3. The van der Waals surface area contributed by atoms with Gasteiger partial charge in [0.15, 0.2) is 0 Å². The minimum Gasteiger partial charge on any atom is -0.444 e. The number of hydrogen-bond acceptors (Lipinski definition) is 5. The second-order valence-electron chi connectivity index (χ2n) is 7.16. The third-order valence-corrected chi connectivity index (χ3v) is 4.94. The summed E-state index contributed by atoms with van der Waals surface area (Å²) in [7, 11) is 2.19. The third kappa shape index (κ3) is 3.89. The summed E-state index contributed by atoms with van der Waals surface area (Å²) in [5, 5.41) is 0. The van der Waals surface area contributed by atoms with Crippen molar-refractivity contribution in [3.8, 4) is 0 Å². The van der Waals surface area contributed by atoms with Crippen LogP contribution in [0.4, 0.5) is 0 Å². The summed E-state index contributed by atoms with van der Waals surface area (Å²) in [5.41, 5.74) is 0. The molecule has 5 nitrogen and oxygen atoms in total. The van der Waals surface area contributed by atoms with Crippen LogP contribution in [0.25, 0.3) is 0 Å². The Balaban J connectivity index is 1.47. The van der Waals surface area contributed by atoms with Gasteiger partial charge in [0.05, 0.1) is 19.3 Å². The number of rotatable bonds is 6. The van der Waals surface area contributed by atoms with Gasteiger partial charge in [-0.15, -0.1) is 0 Å². The predicted molar refractivity (Wildman–Crippen MR) is 85.8 cm³/mol. The fraction of sp³-hybridized carbons (Fsp3) is 0.824. The van der Waals surface area contributed by atoms with Gasteiger partial charge in [0.25, 0.3) is 0 Å². The second-order valence-corrected chi connectivity index (χ2v) is 7.16. The lowest BCUT2D eigenvalue weighted by Gasteiger charge is -2.24. The molecule has 0 radical (unpaired) electrons. The molecule has 0 bridgehead atoms. The summed E-state index contributed by atoms with van der Waals surface area (Å²) in [6.45, 7) is 10.5. The fourth-order valence-corrected chi connectivity index (χ4v) is 3.44. The summed E-state index contributed by atoms with van der Waals surface area (Å²) in [4.78, 5) is 9.40. The van der Waals surface area contributed by atoms with Crippen LogP contribution in [0.3, 0.4) is 0 Å². The van der Waals surface area contributed by atoms with Gasteiger partial charge in [0.1, 0.15) is 5.76 Å². The van der Waals surface area contributed by atoms with E-state index in [1.807, 2.05) is 6.20 Å². The smallest absolute Gasteiger partial charge is 0.208 e. The highest BCUT2D eigenvalue weighted by molar-refractivity contribution is 4.99. The number of likely N-dealkylation sites (tertiary alicyclic amines) is 1. The van der Waals surface area contributed by atoms with Crippen molar-refractivity contribution in [3.05, 3.63) is 17.8 Å². The van der Waals surface area contributed by atoms with E-state index in [-0.39, 0.29) is 0 Å². The molecule has 0 aliphatic carbocycles. The summed E-state index contributed by atoms with van der Waals surface area (Å²) >= 11 is 0. The molecule has 0 amide bonds. The van der Waals surface area contributed by atoms with Crippen molar-refractivity contribution in [3.63, 3.8) is 0 Å². The maximum absolute atomic E-state index is 5.83. The lowest BCUT2D eigenvalue weighted by atomic mass is 10.1. The molecule has 2 fully saturated rings. The van der Waals surface area contributed by atoms with Gasteiger partial charge in [-0.3, -0.25) is 4.90 Å². The van der Waals surface area contributed by atoms with Gasteiger partial charge in [-0.1, -0.05) is 13.8 Å². The van der Waals surface area contributed by atoms with E-state index in [4.69, 9.17) is 9.15 Å². The van der Waals surface area contributed by atoms with Crippen LogP contribution in [0.5, 0.6) is 0 Å². The first kappa shape index (κ1) is 16.0. The average molecular weight is 307 g/mol. The zero-order valence-electron chi connectivity index (χ0n) is 14.1. The largest absolute Gasteiger partial charge is 0.444 e. The molecule has 0 spiro atoms. The molecule has 1 aromatic heterocycles. The van der Waals surface area contributed by atoms with Crippen LogP contribution in [0.1, 0.15) is 44.3 Å². The first-order chi connectivity index (χ1) is 10.6. The summed E-state index contributed by atoms with van der Waals surface area (Å²) in [6, 6.07) is 0.608. The molecule has 0 aromatic carbocycles. The van der Waals surface area contributed by atoms with E-state index in [1.54, 1.807) is 0 Å². The number of oxazole rings is 1. The Morgan fingerprint density at radius 3 is 2.95 bits per heavy atom. The summed E-state index contributed by atoms with van der Waals surface area (Å²) in [6.07, 6.45) is 4.34. The summed E-state index contributed by atoms with van der Waals surface area (Å²) in [5.74, 6) is 2.97. The van der Waals surface area contributed by atoms with Crippen LogP contribution < -0.4 is 0 Å². The van der Waals surface area contributed by atoms with Crippen LogP contribution >= 0.6 is 0 Å². The topological polar surface area (TPSA) is 41.7 Å². The first-order valence-electron chi connectivity index (χ1n) is 8.56. The molecule has 124 valence electrons. The highest BCUT2D eigenvalue weighted by Gasteiger charge is 2.29. The standard InChI is InChI=1S/C17H29N3O2/c1-13(2)16-8-18-17(22-16)11-19(3)15-4-6-20(10-15)9-14-5-7-21-12-14/h8,13-15H,4-7,9-12H2,1-3H3/t14-,15+/m0/s1. The maximum Gasteiger partial charge on any atom is 0.208 e. The Morgan fingerprint density at radius 1 is 1.41 bits per heavy atom. The van der Waals surface area contributed by atoms with Crippen molar-refractivity contribution >= 4 is 0 Å². The van der Waals surface area contributed by atoms with Gasteiger partial charge in [0, 0.05) is 31.7 Å². The molecule has 1 aromatic rings. The van der Waals surface area contributed by atoms with Crippen molar-refractivity contribution in [2.45, 2.75) is 45.2 Å². The fourth-order valence-electron chi connectivity index (χ4n) is 3.44. The van der Waals surface area contributed by atoms with Crippen LogP contribution in [0, 0.1) is 5.92 Å². The maximum atomic E-state index is 5.83. The minimum absolute atomic E-state index is 0.405. The van der Waals surface area contributed by atoms with E-state index >= 15 is 0 Å². The van der Waals surface area contributed by atoms with Gasteiger partial charge in [-0.2, -0.15) is 0 Å². The Labute approximate surface area is 133 Å². The van der Waals surface area contributed by atoms with Gasteiger partial charge >= 0.3 is 0 Å². The Kier molecular flexibility index (Phi) is 5.16. The molecule has 5 heteroatoms. The highest BCUT2D eigenvalue weighted by atomic mass is 16.5. The molecule has 0 saturated carbocycles. The van der Waals surface area contributed by atoms with E-state index in [0.717, 1.165) is 43.9 Å². The van der Waals surface area contributed by atoms with Crippen molar-refractivity contribution in [1.82, 2.24) is 14.8 Å². The molecular formula is C17H29N3O2. The molecule has 2 saturated heterocycles. The first-order valence-corrected chi connectivity index (χ1v) is 8.56. The molecule has 0 N–H and O–H groups in total. The van der Waals surface area contributed by atoms with Gasteiger partial charge in [-0.25, -0.2) is 4.98 Å². The van der Waals surface area contributed by atoms with Crippen molar-refractivity contribution < 1.29 is 9.15 Å². The van der Waals surface area contributed by atoms with Crippen molar-refractivity contribution in [1.29, 1.82) is 0 Å².